The highest BCUT2D eigenvalue weighted by molar-refractivity contribution is 9.10. The maximum Gasteiger partial charge on any atom is 0.295 e. The summed E-state index contributed by atoms with van der Waals surface area (Å²) in [5, 5.41) is 8.56. The fourth-order valence-electron chi connectivity index (χ4n) is 1.17. The quantitative estimate of drug-likeness (QED) is 0.923. The molecule has 0 aliphatic heterocycles. The number of halogens is 3. The van der Waals surface area contributed by atoms with Gasteiger partial charge in [0.05, 0.1) is 10.6 Å². The standard InChI is InChI=1S/C11H13BrF2O2/c1-7(2)16-10-4-3-8(5-9(10)12)11(13,14)6-15/h3-5,7,15H,6H2,1-2H3. The molecule has 0 heterocycles. The smallest absolute Gasteiger partial charge is 0.295 e. The van der Waals surface area contributed by atoms with Crippen LogP contribution >= 0.6 is 15.9 Å². The molecule has 2 nitrogen and oxygen atoms in total. The SMILES string of the molecule is CC(C)Oc1ccc(C(F)(F)CO)cc1Br. The van der Waals surface area contributed by atoms with Crippen molar-refractivity contribution in [3.05, 3.63) is 28.2 Å². The van der Waals surface area contributed by atoms with Crippen LogP contribution in [0, 0.1) is 0 Å². The Morgan fingerprint density at radius 3 is 2.50 bits per heavy atom. The lowest BCUT2D eigenvalue weighted by Crippen LogP contribution is -2.18. The molecule has 1 N–H and O–H groups in total. The first kappa shape index (κ1) is 13.4. The van der Waals surface area contributed by atoms with Crippen LogP contribution in [-0.4, -0.2) is 17.8 Å². The average molecular weight is 295 g/mol. The zero-order valence-electron chi connectivity index (χ0n) is 9.01. The number of hydrogen-bond acceptors (Lipinski definition) is 2. The summed E-state index contributed by atoms with van der Waals surface area (Å²) in [6, 6.07) is 3.97. The zero-order valence-corrected chi connectivity index (χ0v) is 10.6. The third kappa shape index (κ3) is 3.15. The largest absolute Gasteiger partial charge is 0.490 e. The van der Waals surface area contributed by atoms with E-state index in [0.29, 0.717) is 10.2 Å². The number of aliphatic hydroxyl groups excluding tert-OH is 1. The molecule has 0 atom stereocenters. The molecule has 1 aromatic rings. The van der Waals surface area contributed by atoms with Crippen LogP contribution in [-0.2, 0) is 5.92 Å². The van der Waals surface area contributed by atoms with Gasteiger partial charge in [0, 0.05) is 5.56 Å². The molecule has 90 valence electrons. The van der Waals surface area contributed by atoms with E-state index in [0.717, 1.165) is 0 Å². The van der Waals surface area contributed by atoms with Crippen LogP contribution in [0.5, 0.6) is 5.75 Å². The minimum Gasteiger partial charge on any atom is -0.490 e. The van der Waals surface area contributed by atoms with E-state index in [4.69, 9.17) is 9.84 Å². The molecule has 5 heteroatoms. The van der Waals surface area contributed by atoms with Gasteiger partial charge in [-0.25, -0.2) is 0 Å². The van der Waals surface area contributed by atoms with Crippen LogP contribution in [0.3, 0.4) is 0 Å². The second-order valence-corrected chi connectivity index (χ2v) is 4.53. The maximum absolute atomic E-state index is 13.1. The summed E-state index contributed by atoms with van der Waals surface area (Å²) in [4.78, 5) is 0. The van der Waals surface area contributed by atoms with Gasteiger partial charge < -0.3 is 9.84 Å². The van der Waals surface area contributed by atoms with Gasteiger partial charge in [-0.1, -0.05) is 0 Å². The Bertz CT molecular complexity index is 367. The fraction of sp³-hybridized carbons (Fsp3) is 0.455. The van der Waals surface area contributed by atoms with Crippen molar-refractivity contribution in [2.45, 2.75) is 25.9 Å². The number of aliphatic hydroxyl groups is 1. The number of hydrogen-bond donors (Lipinski definition) is 1. The van der Waals surface area contributed by atoms with Crippen molar-refractivity contribution in [2.24, 2.45) is 0 Å². The Hall–Kier alpha value is -0.680. The van der Waals surface area contributed by atoms with Crippen LogP contribution in [0.15, 0.2) is 22.7 Å². The molecule has 0 fully saturated rings. The highest BCUT2D eigenvalue weighted by atomic mass is 79.9. The second kappa shape index (κ2) is 5.10. The van der Waals surface area contributed by atoms with Crippen LogP contribution in [0.25, 0.3) is 0 Å². The Labute approximate surface area is 101 Å². The van der Waals surface area contributed by atoms with Gasteiger partial charge in [-0.3, -0.25) is 0 Å². The van der Waals surface area contributed by atoms with Crippen LogP contribution in [0.2, 0.25) is 0 Å². The Balaban J connectivity index is 2.99. The van der Waals surface area contributed by atoms with E-state index in [-0.39, 0.29) is 11.7 Å². The molecular weight excluding hydrogens is 282 g/mol. The highest BCUT2D eigenvalue weighted by Gasteiger charge is 2.30. The molecule has 0 aliphatic rings. The minimum atomic E-state index is -3.22. The lowest BCUT2D eigenvalue weighted by Gasteiger charge is -2.16. The van der Waals surface area contributed by atoms with E-state index in [9.17, 15) is 8.78 Å². The first-order valence-electron chi connectivity index (χ1n) is 4.82. The van der Waals surface area contributed by atoms with E-state index < -0.39 is 12.5 Å². The number of rotatable bonds is 4. The molecule has 0 aliphatic carbocycles. The summed E-state index contributed by atoms with van der Waals surface area (Å²) in [6.45, 7) is 2.50. The minimum absolute atomic E-state index is 0.0273. The third-order valence-corrected chi connectivity index (χ3v) is 2.54. The Morgan fingerprint density at radius 2 is 2.06 bits per heavy atom. The Kier molecular flexibility index (Phi) is 4.27. The Morgan fingerprint density at radius 1 is 1.44 bits per heavy atom. The molecule has 0 bridgehead atoms. The first-order chi connectivity index (χ1) is 7.36. The van der Waals surface area contributed by atoms with Crippen molar-refractivity contribution in [1.29, 1.82) is 0 Å². The zero-order chi connectivity index (χ0) is 12.3. The van der Waals surface area contributed by atoms with Gasteiger partial charge in [-0.15, -0.1) is 0 Å². The summed E-state index contributed by atoms with van der Waals surface area (Å²) in [5.74, 6) is -2.72. The molecule has 0 aromatic heterocycles. The van der Waals surface area contributed by atoms with E-state index in [2.05, 4.69) is 15.9 Å². The summed E-state index contributed by atoms with van der Waals surface area (Å²) in [5.41, 5.74) is -0.238. The first-order valence-corrected chi connectivity index (χ1v) is 5.61. The predicted molar refractivity (Wildman–Crippen MR) is 60.9 cm³/mol. The van der Waals surface area contributed by atoms with Gasteiger partial charge >= 0.3 is 0 Å². The van der Waals surface area contributed by atoms with E-state index in [1.165, 1.54) is 18.2 Å². The summed E-state index contributed by atoms with van der Waals surface area (Å²) in [7, 11) is 0. The summed E-state index contributed by atoms with van der Waals surface area (Å²) in [6.07, 6.45) is -0.0273. The van der Waals surface area contributed by atoms with Gasteiger partial charge in [-0.2, -0.15) is 8.78 Å². The van der Waals surface area contributed by atoms with Crippen molar-refractivity contribution >= 4 is 15.9 Å². The van der Waals surface area contributed by atoms with Crippen LogP contribution < -0.4 is 4.74 Å². The molecule has 0 saturated carbocycles. The number of ether oxygens (including phenoxy) is 1. The second-order valence-electron chi connectivity index (χ2n) is 3.67. The lowest BCUT2D eigenvalue weighted by atomic mass is 10.1. The molecule has 0 radical (unpaired) electrons. The molecular formula is C11H13BrF2O2. The fourth-order valence-corrected chi connectivity index (χ4v) is 1.64. The van der Waals surface area contributed by atoms with E-state index in [1.807, 2.05) is 13.8 Å². The normalized spacial score (nSPS) is 11.9. The van der Waals surface area contributed by atoms with Crippen LogP contribution in [0.4, 0.5) is 8.78 Å². The van der Waals surface area contributed by atoms with Crippen molar-refractivity contribution in [3.8, 4) is 5.75 Å². The molecule has 0 unspecified atom stereocenters. The summed E-state index contributed by atoms with van der Waals surface area (Å²) < 4.78 is 32.1. The van der Waals surface area contributed by atoms with Gasteiger partial charge in [0.1, 0.15) is 12.4 Å². The highest BCUT2D eigenvalue weighted by Crippen LogP contribution is 2.34. The topological polar surface area (TPSA) is 29.5 Å². The van der Waals surface area contributed by atoms with Crippen molar-refractivity contribution < 1.29 is 18.6 Å². The number of alkyl halides is 2. The van der Waals surface area contributed by atoms with Crippen molar-refractivity contribution in [1.82, 2.24) is 0 Å². The van der Waals surface area contributed by atoms with Crippen LogP contribution in [0.1, 0.15) is 19.4 Å². The van der Waals surface area contributed by atoms with Gasteiger partial charge in [0.2, 0.25) is 0 Å². The monoisotopic (exact) mass is 294 g/mol. The molecule has 16 heavy (non-hydrogen) atoms. The van der Waals surface area contributed by atoms with Gasteiger partial charge in [0.15, 0.2) is 0 Å². The van der Waals surface area contributed by atoms with Crippen molar-refractivity contribution in [2.75, 3.05) is 6.61 Å². The molecule has 1 rings (SSSR count). The predicted octanol–water partition coefficient (Wildman–Crippen LogP) is 3.32. The maximum atomic E-state index is 13.1. The van der Waals surface area contributed by atoms with E-state index in [1.54, 1.807) is 0 Å². The third-order valence-electron chi connectivity index (χ3n) is 1.92. The summed E-state index contributed by atoms with van der Waals surface area (Å²) >= 11 is 3.16. The molecule has 0 spiro atoms. The molecule has 0 saturated heterocycles. The number of benzene rings is 1. The molecule has 0 amide bonds. The van der Waals surface area contributed by atoms with Gasteiger partial charge in [-0.05, 0) is 48.0 Å². The van der Waals surface area contributed by atoms with E-state index >= 15 is 0 Å². The van der Waals surface area contributed by atoms with Crippen molar-refractivity contribution in [3.63, 3.8) is 0 Å². The molecule has 1 aromatic carbocycles. The average Bonchev–Trinajstić information content (AvgIpc) is 2.20. The lowest BCUT2D eigenvalue weighted by molar-refractivity contribution is -0.0557. The van der Waals surface area contributed by atoms with Gasteiger partial charge in [0.25, 0.3) is 5.92 Å².